The fourth-order valence-electron chi connectivity index (χ4n) is 2.79. The number of aromatic nitrogens is 1. The molecule has 1 aliphatic heterocycles. The molecule has 4 heteroatoms. The van der Waals surface area contributed by atoms with Gasteiger partial charge in [-0.15, -0.1) is 0 Å². The van der Waals surface area contributed by atoms with Crippen molar-refractivity contribution in [1.82, 2.24) is 15.2 Å². The molecule has 0 aliphatic carbocycles. The van der Waals surface area contributed by atoms with Gasteiger partial charge in [-0.1, -0.05) is 0 Å². The minimum atomic E-state index is -0.157. The van der Waals surface area contributed by atoms with Gasteiger partial charge < -0.3 is 15.2 Å². The van der Waals surface area contributed by atoms with Crippen molar-refractivity contribution in [3.8, 4) is 0 Å². The fourth-order valence-corrected chi connectivity index (χ4v) is 2.79. The Balaban J connectivity index is 1.60. The third-order valence-corrected chi connectivity index (χ3v) is 3.86. The zero-order valence-electron chi connectivity index (χ0n) is 11.1. The van der Waals surface area contributed by atoms with Crippen LogP contribution in [0.1, 0.15) is 12.0 Å². The van der Waals surface area contributed by atoms with Crippen molar-refractivity contribution in [3.05, 3.63) is 35.8 Å². The second kappa shape index (κ2) is 5.72. The summed E-state index contributed by atoms with van der Waals surface area (Å²) in [5.41, 5.74) is 2.25. The van der Waals surface area contributed by atoms with Crippen LogP contribution in [0.3, 0.4) is 0 Å². The molecule has 2 heterocycles. The topological polar surface area (TPSA) is 31.1 Å². The molecule has 1 aromatic heterocycles. The van der Waals surface area contributed by atoms with Gasteiger partial charge in [0.1, 0.15) is 5.82 Å². The number of H-pyrrole nitrogens is 1. The van der Waals surface area contributed by atoms with E-state index in [0.29, 0.717) is 0 Å². The van der Waals surface area contributed by atoms with Crippen LogP contribution in [0.15, 0.2) is 24.4 Å². The molecule has 0 radical (unpaired) electrons. The SMILES string of the molecule is Fc1ccc2[nH]cc(CCCN3CCNCC3)c2c1. The third kappa shape index (κ3) is 2.96. The Labute approximate surface area is 112 Å². The van der Waals surface area contributed by atoms with Gasteiger partial charge in [-0.2, -0.15) is 0 Å². The van der Waals surface area contributed by atoms with Crippen LogP contribution >= 0.6 is 0 Å². The highest BCUT2D eigenvalue weighted by Gasteiger charge is 2.10. The number of aromatic amines is 1. The first-order valence-electron chi connectivity index (χ1n) is 7.01. The molecule has 1 fully saturated rings. The van der Waals surface area contributed by atoms with E-state index in [4.69, 9.17) is 0 Å². The molecule has 2 N–H and O–H groups in total. The van der Waals surface area contributed by atoms with Gasteiger partial charge in [-0.25, -0.2) is 4.39 Å². The van der Waals surface area contributed by atoms with Crippen LogP contribution in [-0.2, 0) is 6.42 Å². The minimum Gasteiger partial charge on any atom is -0.361 e. The summed E-state index contributed by atoms with van der Waals surface area (Å²) in [6.07, 6.45) is 4.15. The molecule has 0 atom stereocenters. The number of aryl methyl sites for hydroxylation is 1. The predicted molar refractivity (Wildman–Crippen MR) is 75.9 cm³/mol. The quantitative estimate of drug-likeness (QED) is 0.883. The van der Waals surface area contributed by atoms with Crippen LogP contribution in [0.5, 0.6) is 0 Å². The maximum atomic E-state index is 13.3. The van der Waals surface area contributed by atoms with Crippen LogP contribution in [0.25, 0.3) is 10.9 Å². The zero-order chi connectivity index (χ0) is 13.1. The molecule has 19 heavy (non-hydrogen) atoms. The lowest BCUT2D eigenvalue weighted by molar-refractivity contribution is 0.238. The van der Waals surface area contributed by atoms with Crippen molar-refractivity contribution in [2.24, 2.45) is 0 Å². The molecule has 0 bridgehead atoms. The summed E-state index contributed by atoms with van der Waals surface area (Å²) in [4.78, 5) is 5.71. The van der Waals surface area contributed by atoms with E-state index in [9.17, 15) is 4.39 Å². The van der Waals surface area contributed by atoms with E-state index in [1.165, 1.54) is 11.6 Å². The summed E-state index contributed by atoms with van der Waals surface area (Å²) >= 11 is 0. The first-order valence-corrected chi connectivity index (χ1v) is 7.01. The molecule has 0 saturated carbocycles. The van der Waals surface area contributed by atoms with Gasteiger partial charge in [-0.05, 0) is 43.1 Å². The maximum Gasteiger partial charge on any atom is 0.123 e. The molecular formula is C15H20FN3. The number of benzene rings is 1. The first kappa shape index (κ1) is 12.6. The summed E-state index contributed by atoms with van der Waals surface area (Å²) < 4.78 is 13.3. The predicted octanol–water partition coefficient (Wildman–Crippen LogP) is 2.14. The Hall–Kier alpha value is -1.39. The summed E-state index contributed by atoms with van der Waals surface area (Å²) in [6.45, 7) is 5.60. The second-order valence-electron chi connectivity index (χ2n) is 5.20. The van der Waals surface area contributed by atoms with Crippen molar-refractivity contribution in [3.63, 3.8) is 0 Å². The Bertz CT molecular complexity index is 543. The second-order valence-corrected chi connectivity index (χ2v) is 5.20. The van der Waals surface area contributed by atoms with E-state index in [1.807, 2.05) is 12.3 Å². The number of piperazine rings is 1. The molecule has 0 spiro atoms. The average molecular weight is 261 g/mol. The summed E-state index contributed by atoms with van der Waals surface area (Å²) in [6, 6.07) is 4.94. The highest BCUT2D eigenvalue weighted by molar-refractivity contribution is 5.83. The smallest absolute Gasteiger partial charge is 0.123 e. The van der Waals surface area contributed by atoms with Gasteiger partial charge in [0.25, 0.3) is 0 Å². The standard InChI is InChI=1S/C15H20FN3/c16-13-3-4-15-14(10-13)12(11-18-15)2-1-7-19-8-5-17-6-9-19/h3-4,10-11,17-18H,1-2,5-9H2. The van der Waals surface area contributed by atoms with E-state index < -0.39 is 0 Å². The van der Waals surface area contributed by atoms with E-state index in [0.717, 1.165) is 56.5 Å². The molecule has 1 aliphatic rings. The van der Waals surface area contributed by atoms with Crippen molar-refractivity contribution < 1.29 is 4.39 Å². The highest BCUT2D eigenvalue weighted by Crippen LogP contribution is 2.20. The first-order chi connectivity index (χ1) is 9.33. The summed E-state index contributed by atoms with van der Waals surface area (Å²) in [7, 11) is 0. The van der Waals surface area contributed by atoms with Crippen molar-refractivity contribution in [2.75, 3.05) is 32.7 Å². The molecule has 0 amide bonds. The summed E-state index contributed by atoms with van der Waals surface area (Å²) in [5.74, 6) is -0.157. The molecule has 3 rings (SSSR count). The number of hydrogen-bond donors (Lipinski definition) is 2. The average Bonchev–Trinajstić information content (AvgIpc) is 2.83. The van der Waals surface area contributed by atoms with Crippen LogP contribution in [0.2, 0.25) is 0 Å². The number of rotatable bonds is 4. The lowest BCUT2D eigenvalue weighted by Gasteiger charge is -2.26. The van der Waals surface area contributed by atoms with E-state index in [2.05, 4.69) is 15.2 Å². The van der Waals surface area contributed by atoms with Crippen molar-refractivity contribution >= 4 is 10.9 Å². The van der Waals surface area contributed by atoms with Gasteiger partial charge in [0.2, 0.25) is 0 Å². The Morgan fingerprint density at radius 3 is 2.89 bits per heavy atom. The molecular weight excluding hydrogens is 241 g/mol. The van der Waals surface area contributed by atoms with Crippen LogP contribution in [0.4, 0.5) is 4.39 Å². The molecule has 3 nitrogen and oxygen atoms in total. The third-order valence-electron chi connectivity index (χ3n) is 3.86. The summed E-state index contributed by atoms with van der Waals surface area (Å²) in [5, 5.41) is 4.39. The monoisotopic (exact) mass is 261 g/mol. The van der Waals surface area contributed by atoms with Crippen molar-refractivity contribution in [1.29, 1.82) is 0 Å². The molecule has 0 unspecified atom stereocenters. The molecule has 1 saturated heterocycles. The maximum absolute atomic E-state index is 13.3. The minimum absolute atomic E-state index is 0.157. The van der Waals surface area contributed by atoms with E-state index in [-0.39, 0.29) is 5.82 Å². The van der Waals surface area contributed by atoms with Gasteiger partial charge in [-0.3, -0.25) is 0 Å². The molecule has 1 aromatic carbocycles. The largest absolute Gasteiger partial charge is 0.361 e. The van der Waals surface area contributed by atoms with Gasteiger partial charge in [0.05, 0.1) is 0 Å². The lowest BCUT2D eigenvalue weighted by Crippen LogP contribution is -2.43. The zero-order valence-corrected chi connectivity index (χ0v) is 11.1. The van der Waals surface area contributed by atoms with E-state index in [1.54, 1.807) is 6.07 Å². The number of nitrogens with zero attached hydrogens (tertiary/aromatic N) is 1. The van der Waals surface area contributed by atoms with Gasteiger partial charge >= 0.3 is 0 Å². The van der Waals surface area contributed by atoms with Gasteiger partial charge in [0, 0.05) is 43.3 Å². The van der Waals surface area contributed by atoms with Gasteiger partial charge in [0.15, 0.2) is 0 Å². The number of nitrogens with one attached hydrogen (secondary N) is 2. The van der Waals surface area contributed by atoms with Crippen LogP contribution in [0, 0.1) is 5.82 Å². The Morgan fingerprint density at radius 2 is 2.05 bits per heavy atom. The molecule has 2 aromatic rings. The number of halogens is 1. The lowest BCUT2D eigenvalue weighted by atomic mass is 10.1. The normalized spacial score (nSPS) is 17.1. The molecule has 102 valence electrons. The highest BCUT2D eigenvalue weighted by atomic mass is 19.1. The Morgan fingerprint density at radius 1 is 1.21 bits per heavy atom. The number of hydrogen-bond acceptors (Lipinski definition) is 2. The van der Waals surface area contributed by atoms with Crippen molar-refractivity contribution in [2.45, 2.75) is 12.8 Å². The van der Waals surface area contributed by atoms with Crippen LogP contribution in [-0.4, -0.2) is 42.6 Å². The fraction of sp³-hybridized carbons (Fsp3) is 0.467. The Kier molecular flexibility index (Phi) is 3.80. The van der Waals surface area contributed by atoms with Crippen LogP contribution < -0.4 is 5.32 Å². The number of fused-ring (bicyclic) bond motifs is 1. The van der Waals surface area contributed by atoms with E-state index >= 15 is 0 Å².